The number of hydrogen-bond donors (Lipinski definition) is 2. The summed E-state index contributed by atoms with van der Waals surface area (Å²) in [7, 11) is 0. The van der Waals surface area contributed by atoms with E-state index in [1.165, 1.54) is 6.07 Å². The van der Waals surface area contributed by atoms with Crippen LogP contribution >= 0.6 is 0 Å². The van der Waals surface area contributed by atoms with Crippen molar-refractivity contribution in [2.24, 2.45) is 5.73 Å². The van der Waals surface area contributed by atoms with Crippen LogP contribution in [0.25, 0.3) is 0 Å². The Hall–Kier alpha value is -1.42. The van der Waals surface area contributed by atoms with E-state index in [2.05, 4.69) is 5.32 Å². The highest BCUT2D eigenvalue weighted by Crippen LogP contribution is 2.29. The number of benzene rings is 1. The van der Waals surface area contributed by atoms with Crippen LogP contribution in [0.3, 0.4) is 0 Å². The molecule has 98 valence electrons. The van der Waals surface area contributed by atoms with Crippen LogP contribution in [-0.2, 0) is 11.3 Å². The van der Waals surface area contributed by atoms with Gasteiger partial charge in [0.2, 0.25) is 5.91 Å². The van der Waals surface area contributed by atoms with E-state index in [1.807, 2.05) is 0 Å². The molecule has 0 heterocycles. The van der Waals surface area contributed by atoms with Gasteiger partial charge in [0.25, 0.3) is 0 Å². The molecule has 1 amide bonds. The molecule has 1 aliphatic rings. The van der Waals surface area contributed by atoms with Crippen molar-refractivity contribution in [3.8, 4) is 0 Å². The predicted octanol–water partition coefficient (Wildman–Crippen LogP) is 2.10. The van der Waals surface area contributed by atoms with Crippen LogP contribution in [-0.4, -0.2) is 11.4 Å². The summed E-state index contributed by atoms with van der Waals surface area (Å²) in [6.07, 6.45) is 4.33. The van der Waals surface area contributed by atoms with Gasteiger partial charge in [0.05, 0.1) is 0 Å². The molecule has 1 aromatic carbocycles. The number of amides is 1. The van der Waals surface area contributed by atoms with Crippen molar-refractivity contribution in [1.29, 1.82) is 0 Å². The minimum atomic E-state index is -0.348. The molecule has 1 saturated carbocycles. The normalized spacial score (nSPS) is 17.7. The Labute approximate surface area is 107 Å². The maximum absolute atomic E-state index is 13.3. The highest BCUT2D eigenvalue weighted by atomic mass is 19.1. The van der Waals surface area contributed by atoms with Crippen LogP contribution in [0.4, 0.5) is 4.39 Å². The largest absolute Gasteiger partial charge is 0.352 e. The maximum Gasteiger partial charge on any atom is 0.222 e. The molecule has 0 spiro atoms. The molecule has 1 aromatic rings. The lowest BCUT2D eigenvalue weighted by Crippen LogP contribution is -2.42. The monoisotopic (exact) mass is 250 g/mol. The van der Waals surface area contributed by atoms with Gasteiger partial charge in [-0.3, -0.25) is 4.79 Å². The number of carbonyl (C=O) groups excluding carboxylic acids is 1. The lowest BCUT2D eigenvalue weighted by Gasteiger charge is -2.22. The zero-order valence-corrected chi connectivity index (χ0v) is 10.4. The summed E-state index contributed by atoms with van der Waals surface area (Å²) in [5.74, 6) is -0.385. The molecule has 0 unspecified atom stereocenters. The first-order valence-electron chi connectivity index (χ1n) is 6.38. The fourth-order valence-electron chi connectivity index (χ4n) is 2.47. The Morgan fingerprint density at radius 1 is 1.33 bits per heavy atom. The summed E-state index contributed by atoms with van der Waals surface area (Å²) < 4.78 is 13.3. The van der Waals surface area contributed by atoms with E-state index in [0.29, 0.717) is 12.0 Å². The number of carbonyl (C=O) groups is 1. The van der Waals surface area contributed by atoms with E-state index in [-0.39, 0.29) is 23.8 Å². The van der Waals surface area contributed by atoms with Gasteiger partial charge in [0, 0.05) is 24.1 Å². The molecule has 0 atom stereocenters. The molecule has 2 rings (SSSR count). The average Bonchev–Trinajstić information content (AvgIpc) is 2.74. The van der Waals surface area contributed by atoms with Crippen LogP contribution in [0.2, 0.25) is 0 Å². The number of hydrogen-bond acceptors (Lipinski definition) is 2. The standard InChI is InChI=1S/C14H19FN2O/c15-12-6-2-1-5-11(12)10-17-13(18)9-14(16)7-3-4-8-14/h1-2,5-6H,3-4,7-10,16H2,(H,17,18). The highest BCUT2D eigenvalue weighted by Gasteiger charge is 2.31. The summed E-state index contributed by atoms with van der Waals surface area (Å²) in [5.41, 5.74) is 6.28. The predicted molar refractivity (Wildman–Crippen MR) is 68.3 cm³/mol. The van der Waals surface area contributed by atoms with Crippen LogP contribution in [0.5, 0.6) is 0 Å². The molecular weight excluding hydrogens is 231 g/mol. The molecule has 1 aliphatic carbocycles. The molecule has 0 bridgehead atoms. The highest BCUT2D eigenvalue weighted by molar-refractivity contribution is 5.77. The lowest BCUT2D eigenvalue weighted by molar-refractivity contribution is -0.122. The molecule has 4 heteroatoms. The van der Waals surface area contributed by atoms with Gasteiger partial charge in [-0.05, 0) is 18.9 Å². The Balaban J connectivity index is 1.83. The second kappa shape index (κ2) is 5.48. The van der Waals surface area contributed by atoms with Crippen molar-refractivity contribution in [2.75, 3.05) is 0 Å². The third-order valence-electron chi connectivity index (χ3n) is 3.55. The second-order valence-electron chi connectivity index (χ2n) is 5.11. The van der Waals surface area contributed by atoms with Crippen LogP contribution in [0, 0.1) is 5.82 Å². The van der Waals surface area contributed by atoms with Gasteiger partial charge in [-0.2, -0.15) is 0 Å². The van der Waals surface area contributed by atoms with Crippen molar-refractivity contribution < 1.29 is 9.18 Å². The zero-order valence-electron chi connectivity index (χ0n) is 10.4. The molecule has 0 saturated heterocycles. The van der Waals surface area contributed by atoms with Gasteiger partial charge in [-0.25, -0.2) is 4.39 Å². The van der Waals surface area contributed by atoms with E-state index >= 15 is 0 Å². The Bertz CT molecular complexity index is 428. The fourth-order valence-corrected chi connectivity index (χ4v) is 2.47. The van der Waals surface area contributed by atoms with Gasteiger partial charge in [-0.1, -0.05) is 31.0 Å². The van der Waals surface area contributed by atoms with E-state index in [1.54, 1.807) is 18.2 Å². The van der Waals surface area contributed by atoms with Crippen molar-refractivity contribution >= 4 is 5.91 Å². The van der Waals surface area contributed by atoms with Crippen molar-refractivity contribution in [1.82, 2.24) is 5.32 Å². The first-order chi connectivity index (χ1) is 8.59. The lowest BCUT2D eigenvalue weighted by atomic mass is 9.94. The van der Waals surface area contributed by atoms with Crippen molar-refractivity contribution in [3.63, 3.8) is 0 Å². The molecule has 1 fully saturated rings. The third kappa shape index (κ3) is 3.29. The number of nitrogens with one attached hydrogen (secondary N) is 1. The van der Waals surface area contributed by atoms with Gasteiger partial charge < -0.3 is 11.1 Å². The minimum absolute atomic E-state index is 0.0948. The van der Waals surface area contributed by atoms with E-state index in [9.17, 15) is 9.18 Å². The smallest absolute Gasteiger partial charge is 0.222 e. The SMILES string of the molecule is NC1(CC(=O)NCc2ccccc2F)CCCC1. The minimum Gasteiger partial charge on any atom is -0.352 e. The quantitative estimate of drug-likeness (QED) is 0.859. The molecule has 3 nitrogen and oxygen atoms in total. The molecule has 0 aromatic heterocycles. The molecule has 0 aliphatic heterocycles. The molecule has 18 heavy (non-hydrogen) atoms. The molecular formula is C14H19FN2O. The van der Waals surface area contributed by atoms with Crippen LogP contribution < -0.4 is 11.1 Å². The van der Waals surface area contributed by atoms with Crippen LogP contribution in [0.15, 0.2) is 24.3 Å². The van der Waals surface area contributed by atoms with E-state index < -0.39 is 0 Å². The number of rotatable bonds is 4. The van der Waals surface area contributed by atoms with Gasteiger partial charge >= 0.3 is 0 Å². The third-order valence-corrected chi connectivity index (χ3v) is 3.55. The second-order valence-corrected chi connectivity index (χ2v) is 5.11. The number of halogens is 1. The van der Waals surface area contributed by atoms with E-state index in [4.69, 9.17) is 5.73 Å². The summed E-state index contributed by atoms with van der Waals surface area (Å²) in [6, 6.07) is 6.45. The number of nitrogens with two attached hydrogens (primary N) is 1. The molecule has 0 radical (unpaired) electrons. The Morgan fingerprint density at radius 2 is 2.00 bits per heavy atom. The van der Waals surface area contributed by atoms with Crippen molar-refractivity contribution in [3.05, 3.63) is 35.6 Å². The molecule has 3 N–H and O–H groups in total. The van der Waals surface area contributed by atoms with Gasteiger partial charge in [0.1, 0.15) is 5.82 Å². The first-order valence-corrected chi connectivity index (χ1v) is 6.38. The summed E-state index contributed by atoms with van der Waals surface area (Å²) >= 11 is 0. The van der Waals surface area contributed by atoms with Crippen molar-refractivity contribution in [2.45, 2.75) is 44.2 Å². The Morgan fingerprint density at radius 3 is 2.67 bits per heavy atom. The summed E-state index contributed by atoms with van der Waals surface area (Å²) in [4.78, 5) is 11.8. The van der Waals surface area contributed by atoms with Gasteiger partial charge in [-0.15, -0.1) is 0 Å². The first kappa shape index (κ1) is 13.0. The van der Waals surface area contributed by atoms with Gasteiger partial charge in [0.15, 0.2) is 0 Å². The topological polar surface area (TPSA) is 55.1 Å². The summed E-state index contributed by atoms with van der Waals surface area (Å²) in [5, 5.41) is 2.73. The maximum atomic E-state index is 13.3. The summed E-state index contributed by atoms with van der Waals surface area (Å²) in [6.45, 7) is 0.224. The average molecular weight is 250 g/mol. The Kier molecular flexibility index (Phi) is 3.97. The fraction of sp³-hybridized carbons (Fsp3) is 0.500. The van der Waals surface area contributed by atoms with E-state index in [0.717, 1.165) is 25.7 Å². The zero-order chi connectivity index (χ0) is 13.0. The van der Waals surface area contributed by atoms with Crippen LogP contribution in [0.1, 0.15) is 37.7 Å².